The van der Waals surface area contributed by atoms with Crippen LogP contribution in [0.4, 0.5) is 17.6 Å². The zero-order chi connectivity index (χ0) is 24.1. The van der Waals surface area contributed by atoms with Gasteiger partial charge in [0.2, 0.25) is 0 Å². The molecule has 1 aliphatic rings. The molecule has 0 aliphatic carbocycles. The summed E-state index contributed by atoms with van der Waals surface area (Å²) in [6.45, 7) is 4.90. The van der Waals surface area contributed by atoms with Gasteiger partial charge in [-0.25, -0.2) is 9.07 Å². The van der Waals surface area contributed by atoms with Crippen molar-refractivity contribution >= 4 is 5.91 Å². The lowest BCUT2D eigenvalue weighted by atomic mass is 10.2. The van der Waals surface area contributed by atoms with E-state index in [4.69, 9.17) is 0 Å². The molecule has 0 spiro atoms. The van der Waals surface area contributed by atoms with Crippen LogP contribution >= 0.6 is 0 Å². The molecule has 0 unspecified atom stereocenters. The van der Waals surface area contributed by atoms with Crippen molar-refractivity contribution in [2.24, 2.45) is 0 Å². The van der Waals surface area contributed by atoms with Gasteiger partial charge in [-0.2, -0.15) is 13.2 Å². The molecule has 4 rings (SSSR count). The Morgan fingerprint density at radius 3 is 2.24 bits per heavy atom. The van der Waals surface area contributed by atoms with E-state index in [1.807, 2.05) is 18.2 Å². The van der Waals surface area contributed by atoms with Crippen molar-refractivity contribution in [1.29, 1.82) is 0 Å². The summed E-state index contributed by atoms with van der Waals surface area (Å²) < 4.78 is 54.8. The molecular formula is C23H24F4N6O. The van der Waals surface area contributed by atoms with Crippen LogP contribution in [0.3, 0.4) is 0 Å². The number of amides is 1. The highest BCUT2D eigenvalue weighted by Gasteiger charge is 2.42. The molecule has 0 radical (unpaired) electrons. The minimum atomic E-state index is -4.88. The van der Waals surface area contributed by atoms with Crippen LogP contribution < -0.4 is 5.32 Å². The zero-order valence-corrected chi connectivity index (χ0v) is 18.3. The summed E-state index contributed by atoms with van der Waals surface area (Å²) in [6, 6.07) is 14.5. The first kappa shape index (κ1) is 23.8. The lowest BCUT2D eigenvalue weighted by Crippen LogP contribution is -2.48. The van der Waals surface area contributed by atoms with Crippen molar-refractivity contribution in [1.82, 2.24) is 30.1 Å². The number of carbonyl (C=O) groups is 1. The molecule has 1 amide bonds. The summed E-state index contributed by atoms with van der Waals surface area (Å²) in [6.07, 6.45) is -4.88. The highest BCUT2D eigenvalue weighted by Crippen LogP contribution is 2.32. The lowest BCUT2D eigenvalue weighted by molar-refractivity contribution is -0.143. The van der Waals surface area contributed by atoms with E-state index in [9.17, 15) is 22.4 Å². The van der Waals surface area contributed by atoms with Gasteiger partial charge in [0.25, 0.3) is 5.91 Å². The van der Waals surface area contributed by atoms with Crippen LogP contribution in [0.2, 0.25) is 0 Å². The highest BCUT2D eigenvalue weighted by atomic mass is 19.4. The van der Waals surface area contributed by atoms with Gasteiger partial charge in [-0.3, -0.25) is 14.6 Å². The third kappa shape index (κ3) is 5.78. The highest BCUT2D eigenvalue weighted by molar-refractivity contribution is 5.93. The maximum Gasteiger partial charge on any atom is 0.435 e. The first-order valence-corrected chi connectivity index (χ1v) is 10.9. The van der Waals surface area contributed by atoms with E-state index in [1.165, 1.54) is 5.56 Å². The molecule has 7 nitrogen and oxygen atoms in total. The minimum Gasteiger partial charge on any atom is -0.349 e. The summed E-state index contributed by atoms with van der Waals surface area (Å²) in [5.41, 5.74) is -0.915. The predicted molar refractivity (Wildman–Crippen MR) is 117 cm³/mol. The minimum absolute atomic E-state index is 0.0475. The molecule has 11 heteroatoms. The number of benzene rings is 2. The lowest BCUT2D eigenvalue weighted by Gasteiger charge is -2.34. The van der Waals surface area contributed by atoms with Gasteiger partial charge in [0, 0.05) is 45.8 Å². The Kier molecular flexibility index (Phi) is 7.23. The number of carbonyl (C=O) groups excluding carboxylic acids is 1. The summed E-state index contributed by atoms with van der Waals surface area (Å²) >= 11 is 0. The second kappa shape index (κ2) is 10.3. The molecule has 2 heterocycles. The van der Waals surface area contributed by atoms with Crippen LogP contribution in [0, 0.1) is 5.82 Å². The molecule has 1 N–H and O–H groups in total. The van der Waals surface area contributed by atoms with Crippen LogP contribution in [0.25, 0.3) is 5.69 Å². The van der Waals surface area contributed by atoms with Crippen LogP contribution in [0.15, 0.2) is 54.6 Å². The fraction of sp³-hybridized carbons (Fsp3) is 0.348. The standard InChI is InChI=1S/C23H24F4N6O/c24-18-6-8-19(9-7-18)33-21(23(25,26)27)20(29-30-33)22(34)28-10-11-31-12-14-32(15-13-31)16-17-4-2-1-3-5-17/h1-9H,10-16H2,(H,28,34). The summed E-state index contributed by atoms with van der Waals surface area (Å²) in [5, 5.41) is 9.47. The molecule has 1 aromatic heterocycles. The number of aromatic nitrogens is 3. The van der Waals surface area contributed by atoms with Crippen molar-refractivity contribution < 1.29 is 22.4 Å². The van der Waals surface area contributed by atoms with Crippen LogP contribution in [0.5, 0.6) is 0 Å². The van der Waals surface area contributed by atoms with Crippen molar-refractivity contribution in [3.8, 4) is 5.69 Å². The normalized spacial score (nSPS) is 15.4. The molecular weight excluding hydrogens is 452 g/mol. The van der Waals surface area contributed by atoms with Gasteiger partial charge in [0.15, 0.2) is 11.4 Å². The first-order chi connectivity index (χ1) is 16.3. The van der Waals surface area contributed by atoms with Crippen LogP contribution in [-0.4, -0.2) is 70.0 Å². The Labute approximate surface area is 194 Å². The molecule has 0 atom stereocenters. The van der Waals surface area contributed by atoms with E-state index in [2.05, 4.69) is 37.6 Å². The van der Waals surface area contributed by atoms with Gasteiger partial charge in [-0.05, 0) is 29.8 Å². The zero-order valence-electron chi connectivity index (χ0n) is 18.3. The molecule has 34 heavy (non-hydrogen) atoms. The first-order valence-electron chi connectivity index (χ1n) is 10.9. The number of alkyl halides is 3. The second-order valence-electron chi connectivity index (χ2n) is 8.03. The van der Waals surface area contributed by atoms with E-state index in [-0.39, 0.29) is 12.2 Å². The number of hydrogen-bond donors (Lipinski definition) is 1. The Morgan fingerprint density at radius 1 is 0.941 bits per heavy atom. The van der Waals surface area contributed by atoms with Crippen molar-refractivity contribution in [2.75, 3.05) is 39.3 Å². The molecule has 1 aliphatic heterocycles. The summed E-state index contributed by atoms with van der Waals surface area (Å²) in [7, 11) is 0. The van der Waals surface area contributed by atoms with E-state index in [0.29, 0.717) is 11.2 Å². The number of piperazine rings is 1. The molecule has 2 aromatic carbocycles. The molecule has 0 bridgehead atoms. The van der Waals surface area contributed by atoms with Crippen LogP contribution in [0.1, 0.15) is 21.7 Å². The average Bonchev–Trinajstić information content (AvgIpc) is 3.27. The van der Waals surface area contributed by atoms with E-state index in [1.54, 1.807) is 0 Å². The van der Waals surface area contributed by atoms with Gasteiger partial charge in [-0.15, -0.1) is 5.10 Å². The molecule has 180 valence electrons. The third-order valence-electron chi connectivity index (χ3n) is 5.65. The van der Waals surface area contributed by atoms with Crippen molar-refractivity contribution in [2.45, 2.75) is 12.7 Å². The fourth-order valence-corrected chi connectivity index (χ4v) is 3.88. The van der Waals surface area contributed by atoms with Crippen molar-refractivity contribution in [3.63, 3.8) is 0 Å². The number of rotatable bonds is 7. The van der Waals surface area contributed by atoms with E-state index >= 15 is 0 Å². The monoisotopic (exact) mass is 476 g/mol. The number of halogens is 4. The van der Waals surface area contributed by atoms with E-state index < -0.39 is 29.3 Å². The maximum absolute atomic E-state index is 13.7. The number of nitrogens with one attached hydrogen (secondary N) is 1. The molecule has 3 aromatic rings. The number of nitrogens with zero attached hydrogens (tertiary/aromatic N) is 5. The van der Waals surface area contributed by atoms with Gasteiger partial charge < -0.3 is 5.32 Å². The van der Waals surface area contributed by atoms with Gasteiger partial charge >= 0.3 is 6.18 Å². The number of hydrogen-bond acceptors (Lipinski definition) is 5. The Hall–Kier alpha value is -3.31. The second-order valence-corrected chi connectivity index (χ2v) is 8.03. The van der Waals surface area contributed by atoms with Gasteiger partial charge in [0.1, 0.15) is 5.82 Å². The molecule has 1 fully saturated rings. The topological polar surface area (TPSA) is 66.3 Å². The van der Waals surface area contributed by atoms with Gasteiger partial charge in [-0.1, -0.05) is 35.5 Å². The fourth-order valence-electron chi connectivity index (χ4n) is 3.88. The average molecular weight is 476 g/mol. The largest absolute Gasteiger partial charge is 0.435 e. The maximum atomic E-state index is 13.7. The van der Waals surface area contributed by atoms with E-state index in [0.717, 1.165) is 57.0 Å². The molecule has 1 saturated heterocycles. The smallest absolute Gasteiger partial charge is 0.349 e. The summed E-state index contributed by atoms with van der Waals surface area (Å²) in [5.74, 6) is -1.56. The Morgan fingerprint density at radius 2 is 1.59 bits per heavy atom. The third-order valence-corrected chi connectivity index (χ3v) is 5.65. The Balaban J connectivity index is 1.32. The quantitative estimate of drug-likeness (QED) is 0.532. The predicted octanol–water partition coefficient (Wildman–Crippen LogP) is 2.97. The SMILES string of the molecule is O=C(NCCN1CCN(Cc2ccccc2)CC1)c1nnn(-c2ccc(F)cc2)c1C(F)(F)F. The Bertz CT molecular complexity index is 1090. The molecule has 0 saturated carbocycles. The van der Waals surface area contributed by atoms with Crippen molar-refractivity contribution in [3.05, 3.63) is 77.4 Å². The summed E-state index contributed by atoms with van der Waals surface area (Å²) in [4.78, 5) is 17.0. The van der Waals surface area contributed by atoms with Crippen LogP contribution in [-0.2, 0) is 12.7 Å². The van der Waals surface area contributed by atoms with Gasteiger partial charge in [0.05, 0.1) is 5.69 Å².